The number of hydrogen-bond donors (Lipinski definition) is 10. The average molecular weight is 1710 g/mol. The summed E-state index contributed by atoms with van der Waals surface area (Å²) in [7, 11) is 0. The number of urea groups is 5. The summed E-state index contributed by atoms with van der Waals surface area (Å²) in [5, 5.41) is 54.2. The number of halogens is 7. The third kappa shape index (κ3) is 21.9. The van der Waals surface area contributed by atoms with Crippen LogP contribution in [0.5, 0.6) is 0 Å². The molecule has 0 atom stereocenters. The zero-order valence-corrected chi connectivity index (χ0v) is 71.1. The van der Waals surface area contributed by atoms with E-state index in [4.69, 9.17) is 58.0 Å². The van der Waals surface area contributed by atoms with Crippen LogP contribution in [0.15, 0.2) is 127 Å². The van der Waals surface area contributed by atoms with Crippen molar-refractivity contribution in [3.63, 3.8) is 0 Å². The highest BCUT2D eigenvalue weighted by atomic mass is 35.5. The Bertz CT molecular complexity index is 4910. The number of unbranched alkanes of at least 4 members (excludes halogenated alkanes) is 1. The standard InChI is InChI=1S/C18H21ClN4O.C18H23ClN4O.C17H21ClN4O.C17H19ClN4O.C16H17ClF2N4O/c1-18(7-3-8-18)16-14-11-23(9-6-15(14)21-22-16)17(24)20-13-5-2-4-12(19)10-13;1-4-18(2,3)16-14-11-23(9-8-15(14)21-22-16)17(24)20-13-7-5-6-12(19)10-13;2*1-2-3-7-15-14-11-22(9-8-16(14)21-20-15)17(23)19-13-6-4-5-12(18)10-13;1-2-16(18,19)14-12-9-23(7-6-13(12)21-22-14)15(24)20-11-5-3-4-10(17)8-11/h2,4-5,10H,3,6-9,11H2,1H3,(H,20,24)(H,21,22);5-7,10H,4,8-9,11H2,1-3H3,(H,20,24)(H,21,22);4-6,10H,2-3,7-9,11H2,1H3,(H,19,23)(H,20,21);3-7,10H,2,8-9,11H2,1H3,(H,19,23)(H,20,21);3-5,8H,2,6-7,9H2,1H3,(H,20,24)(H,21,22)/b;;;7-3+;. The summed E-state index contributed by atoms with van der Waals surface area (Å²) in [4.78, 5) is 71.3. The summed E-state index contributed by atoms with van der Waals surface area (Å²) in [6, 6.07) is 34.8. The molecule has 624 valence electrons. The molecule has 10 N–H and O–H groups in total. The van der Waals surface area contributed by atoms with Crippen LogP contribution in [0.4, 0.5) is 61.2 Å². The van der Waals surface area contributed by atoms with Gasteiger partial charge in [0.15, 0.2) is 0 Å². The molecule has 5 aliphatic heterocycles. The van der Waals surface area contributed by atoms with Gasteiger partial charge in [-0.05, 0) is 136 Å². The van der Waals surface area contributed by atoms with Crippen molar-refractivity contribution in [2.24, 2.45) is 0 Å². The number of aryl methyl sites for hydroxylation is 1. The molecular weight excluding hydrogens is 1610 g/mol. The predicted octanol–water partition coefficient (Wildman–Crippen LogP) is 20.7. The van der Waals surface area contributed by atoms with Gasteiger partial charge >= 0.3 is 30.2 Å². The lowest BCUT2D eigenvalue weighted by atomic mass is 9.67. The monoisotopic (exact) mass is 1710 g/mol. The van der Waals surface area contributed by atoms with Gasteiger partial charge in [-0.2, -0.15) is 34.3 Å². The van der Waals surface area contributed by atoms with Crippen LogP contribution in [0, 0.1) is 0 Å². The molecule has 10 heterocycles. The molecule has 0 bridgehead atoms. The first kappa shape index (κ1) is 86.9. The van der Waals surface area contributed by atoms with E-state index in [0.717, 1.165) is 109 Å². The maximum Gasteiger partial charge on any atom is 0.322 e. The molecule has 0 spiro atoms. The SMILES string of the molecule is CC/C=C/c1n[nH]c2c1CN(C(=O)Nc1cccc(Cl)c1)CC2.CC1(c2n[nH]c3c2CN(C(=O)Nc2cccc(Cl)c2)CC3)CCC1.CCC(C)(C)c1n[nH]c2c1CN(C(=O)Nc1cccc(Cl)c1)CC2.CCC(F)(F)c1n[nH]c2c1CN(C(=O)Nc1cccc(Cl)c1)CC2.CCCCc1n[nH]c2c1CN(C(=O)Nc1cccc(Cl)c1)CC2. The number of nitrogens with one attached hydrogen (secondary N) is 10. The van der Waals surface area contributed by atoms with E-state index in [1.165, 1.54) is 53.6 Å². The van der Waals surface area contributed by atoms with Crippen LogP contribution in [0.25, 0.3) is 6.08 Å². The normalized spacial score (nSPS) is 15.1. The number of fused-ring (bicyclic) bond motifs is 5. The number of allylic oxidation sites excluding steroid dienone is 1. The Labute approximate surface area is 710 Å². The Morgan fingerprint density at radius 1 is 0.449 bits per heavy atom. The Balaban J connectivity index is 0.000000136. The molecule has 25 nitrogen and oxygen atoms in total. The average Bonchev–Trinajstić information content (AvgIpc) is 1.58. The predicted molar refractivity (Wildman–Crippen MR) is 463 cm³/mol. The summed E-state index contributed by atoms with van der Waals surface area (Å²) < 4.78 is 28.0. The summed E-state index contributed by atoms with van der Waals surface area (Å²) >= 11 is 29.8. The number of rotatable bonds is 15. The van der Waals surface area contributed by atoms with Crippen LogP contribution in [-0.2, 0) is 88.0 Å². The number of carbonyl (C=O) groups is 5. The van der Waals surface area contributed by atoms with E-state index in [9.17, 15) is 32.8 Å². The van der Waals surface area contributed by atoms with Gasteiger partial charge in [0.05, 0.1) is 55.5 Å². The minimum Gasteiger partial charge on any atom is -0.320 e. The molecule has 10 aromatic rings. The zero-order chi connectivity index (χ0) is 83.8. The van der Waals surface area contributed by atoms with Crippen molar-refractivity contribution in [1.82, 2.24) is 75.5 Å². The number of nitrogens with zero attached hydrogens (tertiary/aromatic N) is 10. The fourth-order valence-electron chi connectivity index (χ4n) is 14.8. The first-order chi connectivity index (χ1) is 56.7. The fraction of sp³-hybridized carbons (Fsp3) is 0.395. The molecule has 5 aromatic heterocycles. The fourth-order valence-corrected chi connectivity index (χ4v) is 15.8. The van der Waals surface area contributed by atoms with Gasteiger partial charge in [-0.25, -0.2) is 24.0 Å². The second kappa shape index (κ2) is 39.4. The van der Waals surface area contributed by atoms with Crippen molar-refractivity contribution in [2.75, 3.05) is 59.3 Å². The van der Waals surface area contributed by atoms with E-state index in [0.29, 0.717) is 124 Å². The van der Waals surface area contributed by atoms with Gasteiger partial charge in [0.1, 0.15) is 5.69 Å². The van der Waals surface area contributed by atoms with Gasteiger partial charge in [0, 0.05) is 192 Å². The Morgan fingerprint density at radius 2 is 0.788 bits per heavy atom. The molecule has 16 rings (SSSR count). The van der Waals surface area contributed by atoms with E-state index >= 15 is 0 Å². The lowest BCUT2D eigenvalue weighted by Gasteiger charge is -2.38. The van der Waals surface area contributed by atoms with Gasteiger partial charge < -0.3 is 51.1 Å². The quantitative estimate of drug-likeness (QED) is 0.0463. The topological polar surface area (TPSA) is 305 Å². The molecule has 32 heteroatoms. The molecule has 118 heavy (non-hydrogen) atoms. The smallest absolute Gasteiger partial charge is 0.320 e. The van der Waals surface area contributed by atoms with E-state index in [1.54, 1.807) is 77.7 Å². The van der Waals surface area contributed by atoms with Crippen LogP contribution in [0.3, 0.4) is 0 Å². The molecular formula is C86H101Cl5F2N20O5. The molecule has 1 fully saturated rings. The molecule has 0 unspecified atom stereocenters. The molecule has 1 aliphatic carbocycles. The summed E-state index contributed by atoms with van der Waals surface area (Å²) in [5.41, 5.74) is 17.9. The molecule has 10 amide bonds. The minimum atomic E-state index is -3.00. The molecule has 0 radical (unpaired) electrons. The van der Waals surface area contributed by atoms with Crippen molar-refractivity contribution in [3.05, 3.63) is 237 Å². The lowest BCUT2D eigenvalue weighted by molar-refractivity contribution is -0.0142. The number of H-pyrrole nitrogens is 5. The number of carbonyl (C=O) groups excluding carboxylic acids is 5. The van der Waals surface area contributed by atoms with Crippen LogP contribution in [-0.4, -0.2) is 138 Å². The maximum absolute atomic E-state index is 14.0. The van der Waals surface area contributed by atoms with E-state index < -0.39 is 5.92 Å². The largest absolute Gasteiger partial charge is 0.322 e. The van der Waals surface area contributed by atoms with E-state index in [1.807, 2.05) is 69.3 Å². The van der Waals surface area contributed by atoms with Crippen molar-refractivity contribution in [1.29, 1.82) is 0 Å². The highest BCUT2D eigenvalue weighted by molar-refractivity contribution is 6.32. The number of amides is 10. The molecule has 1 saturated carbocycles. The van der Waals surface area contributed by atoms with Crippen LogP contribution >= 0.6 is 58.0 Å². The van der Waals surface area contributed by atoms with Gasteiger partial charge in [0.2, 0.25) is 0 Å². The summed E-state index contributed by atoms with van der Waals surface area (Å²) in [6.07, 6.45) is 16.2. The maximum atomic E-state index is 14.0. The number of anilines is 5. The zero-order valence-electron chi connectivity index (χ0n) is 67.3. The van der Waals surface area contributed by atoms with Crippen LogP contribution < -0.4 is 26.6 Å². The first-order valence-corrected chi connectivity index (χ1v) is 42.0. The third-order valence-corrected chi connectivity index (χ3v) is 23.4. The van der Waals surface area contributed by atoms with Crippen LogP contribution in [0.1, 0.15) is 185 Å². The lowest BCUT2D eigenvalue weighted by Crippen LogP contribution is -2.40. The third-order valence-electron chi connectivity index (χ3n) is 22.2. The van der Waals surface area contributed by atoms with Gasteiger partial charge in [-0.3, -0.25) is 25.5 Å². The number of hydrogen-bond acceptors (Lipinski definition) is 10. The number of aromatic nitrogens is 10. The Morgan fingerprint density at radius 3 is 1.16 bits per heavy atom. The van der Waals surface area contributed by atoms with E-state index in [2.05, 4.69) is 125 Å². The molecule has 5 aromatic carbocycles. The van der Waals surface area contributed by atoms with Gasteiger partial charge in [-0.15, -0.1) is 0 Å². The van der Waals surface area contributed by atoms with Crippen molar-refractivity contribution in [2.45, 2.75) is 188 Å². The van der Waals surface area contributed by atoms with Crippen molar-refractivity contribution >= 4 is 123 Å². The Hall–Kier alpha value is -10.5. The minimum absolute atomic E-state index is 0.00345. The van der Waals surface area contributed by atoms with E-state index in [-0.39, 0.29) is 59.6 Å². The number of aromatic amines is 5. The van der Waals surface area contributed by atoms with Crippen molar-refractivity contribution in [3.8, 4) is 0 Å². The summed E-state index contributed by atoms with van der Waals surface area (Å²) in [6.45, 7) is 20.1. The number of benzene rings is 5. The summed E-state index contributed by atoms with van der Waals surface area (Å²) in [5.74, 6) is -3.00. The highest BCUT2D eigenvalue weighted by Gasteiger charge is 2.41. The first-order valence-electron chi connectivity index (χ1n) is 40.1. The highest BCUT2D eigenvalue weighted by Crippen LogP contribution is 2.45. The van der Waals surface area contributed by atoms with Gasteiger partial charge in [0.25, 0.3) is 5.92 Å². The number of alkyl halides is 2. The second-order valence-corrected chi connectivity index (χ2v) is 33.1. The van der Waals surface area contributed by atoms with Crippen molar-refractivity contribution < 1.29 is 32.8 Å². The second-order valence-electron chi connectivity index (χ2n) is 31.0. The Kier molecular flexibility index (Phi) is 29.0. The molecule has 6 aliphatic rings. The molecule has 0 saturated heterocycles. The van der Waals surface area contributed by atoms with Crippen LogP contribution in [0.2, 0.25) is 25.1 Å². The van der Waals surface area contributed by atoms with Gasteiger partial charge in [-0.1, -0.05) is 156 Å².